The van der Waals surface area contributed by atoms with Crippen LogP contribution in [0.5, 0.6) is 0 Å². The molecule has 0 fully saturated rings. The molecule has 0 aliphatic rings. The van der Waals surface area contributed by atoms with Gasteiger partial charge < -0.3 is 11.1 Å². The Labute approximate surface area is 104 Å². The first-order valence-electron chi connectivity index (χ1n) is 6.11. The minimum atomic E-state index is 0.663. The summed E-state index contributed by atoms with van der Waals surface area (Å²) in [5.41, 5.74) is 8.16. The van der Waals surface area contributed by atoms with Crippen LogP contribution in [0.25, 0.3) is 12.2 Å². The summed E-state index contributed by atoms with van der Waals surface area (Å²) in [5.74, 6) is 0. The number of hydrogen-bond donors (Lipinski definition) is 2. The molecule has 1 aromatic carbocycles. The molecule has 0 bridgehead atoms. The largest absolute Gasteiger partial charge is 0.388 e. The molecule has 1 aromatic rings. The van der Waals surface area contributed by atoms with Crippen LogP contribution in [0.2, 0.25) is 0 Å². The maximum Gasteiger partial charge on any atom is 0.0376 e. The molecule has 3 N–H and O–H groups in total. The zero-order chi connectivity index (χ0) is 12.7. The maximum absolute atomic E-state index is 5.70. The van der Waals surface area contributed by atoms with Gasteiger partial charge in [0.15, 0.2) is 0 Å². The van der Waals surface area contributed by atoms with E-state index in [4.69, 9.17) is 5.73 Å². The van der Waals surface area contributed by atoms with Crippen LogP contribution in [0.1, 0.15) is 18.9 Å². The van der Waals surface area contributed by atoms with Crippen molar-refractivity contribution in [3.63, 3.8) is 0 Å². The van der Waals surface area contributed by atoms with Crippen molar-refractivity contribution in [3.8, 4) is 0 Å². The van der Waals surface area contributed by atoms with Crippen molar-refractivity contribution in [2.45, 2.75) is 19.8 Å². The standard InChI is InChI=1S/C15H22N2/c1-4-6-12-8-9-15(17-3)14(10-11-16)13(12)7-5-2/h4,6-9,17H,1,5,10-11,16H2,2-3H3/b12-6-,13-7+. The van der Waals surface area contributed by atoms with Gasteiger partial charge in [-0.15, -0.1) is 0 Å². The zero-order valence-corrected chi connectivity index (χ0v) is 10.8. The molecule has 0 unspecified atom stereocenters. The molecule has 17 heavy (non-hydrogen) atoms. The van der Waals surface area contributed by atoms with Crippen LogP contribution in [0.15, 0.2) is 24.8 Å². The second-order valence-corrected chi connectivity index (χ2v) is 3.90. The third-order valence-electron chi connectivity index (χ3n) is 2.76. The number of allylic oxidation sites excluding steroid dienone is 1. The molecule has 0 amide bonds. The molecule has 0 saturated heterocycles. The van der Waals surface area contributed by atoms with Crippen molar-refractivity contribution >= 4 is 17.8 Å². The first-order chi connectivity index (χ1) is 8.28. The highest BCUT2D eigenvalue weighted by molar-refractivity contribution is 5.55. The van der Waals surface area contributed by atoms with Gasteiger partial charge in [0.05, 0.1) is 0 Å². The first-order valence-corrected chi connectivity index (χ1v) is 6.11. The van der Waals surface area contributed by atoms with Crippen molar-refractivity contribution < 1.29 is 0 Å². The van der Waals surface area contributed by atoms with E-state index in [1.54, 1.807) is 0 Å². The van der Waals surface area contributed by atoms with Crippen molar-refractivity contribution in [2.75, 3.05) is 18.9 Å². The Balaban J connectivity index is 3.59. The number of nitrogens with two attached hydrogens (primary N) is 1. The second-order valence-electron chi connectivity index (χ2n) is 3.90. The van der Waals surface area contributed by atoms with Crippen LogP contribution in [0, 0.1) is 0 Å². The van der Waals surface area contributed by atoms with Crippen LogP contribution < -0.4 is 21.5 Å². The highest BCUT2D eigenvalue weighted by Gasteiger charge is 2.02. The predicted molar refractivity (Wildman–Crippen MR) is 77.4 cm³/mol. The van der Waals surface area contributed by atoms with Crippen molar-refractivity contribution in [1.29, 1.82) is 0 Å². The monoisotopic (exact) mass is 230 g/mol. The van der Waals surface area contributed by atoms with Gasteiger partial charge >= 0.3 is 0 Å². The highest BCUT2D eigenvalue weighted by atomic mass is 14.8. The third kappa shape index (κ3) is 3.21. The molecule has 0 aliphatic heterocycles. The lowest BCUT2D eigenvalue weighted by atomic mass is 10.0. The maximum atomic E-state index is 5.70. The predicted octanol–water partition coefficient (Wildman–Crippen LogP) is 1.39. The minimum Gasteiger partial charge on any atom is -0.388 e. The summed E-state index contributed by atoms with van der Waals surface area (Å²) in [7, 11) is 1.95. The summed E-state index contributed by atoms with van der Waals surface area (Å²) in [4.78, 5) is 0. The molecule has 0 spiro atoms. The fourth-order valence-electron chi connectivity index (χ4n) is 2.05. The summed E-state index contributed by atoms with van der Waals surface area (Å²) >= 11 is 0. The van der Waals surface area contributed by atoms with Gasteiger partial charge in [-0.05, 0) is 41.5 Å². The van der Waals surface area contributed by atoms with Gasteiger partial charge in [-0.1, -0.05) is 37.8 Å². The van der Waals surface area contributed by atoms with Gasteiger partial charge in [-0.2, -0.15) is 0 Å². The Kier molecular flexibility index (Phi) is 5.50. The summed E-state index contributed by atoms with van der Waals surface area (Å²) in [6.07, 6.45) is 8.03. The van der Waals surface area contributed by atoms with Gasteiger partial charge in [-0.25, -0.2) is 0 Å². The highest BCUT2D eigenvalue weighted by Crippen LogP contribution is 2.08. The lowest BCUT2D eigenvalue weighted by Gasteiger charge is -2.10. The zero-order valence-electron chi connectivity index (χ0n) is 10.8. The van der Waals surface area contributed by atoms with Gasteiger partial charge in [-0.3, -0.25) is 0 Å². The molecule has 0 saturated carbocycles. The van der Waals surface area contributed by atoms with Crippen molar-refractivity contribution in [1.82, 2.24) is 0 Å². The van der Waals surface area contributed by atoms with Crippen LogP contribution in [-0.2, 0) is 6.42 Å². The van der Waals surface area contributed by atoms with E-state index in [1.165, 1.54) is 16.0 Å². The van der Waals surface area contributed by atoms with Gasteiger partial charge in [0.2, 0.25) is 0 Å². The van der Waals surface area contributed by atoms with Crippen LogP contribution in [0.3, 0.4) is 0 Å². The fraction of sp³-hybridized carbons (Fsp3) is 0.333. The quantitative estimate of drug-likeness (QED) is 0.802. The van der Waals surface area contributed by atoms with E-state index >= 15 is 0 Å². The molecular weight excluding hydrogens is 208 g/mol. The van der Waals surface area contributed by atoms with E-state index in [9.17, 15) is 0 Å². The molecule has 92 valence electrons. The molecule has 0 atom stereocenters. The number of rotatable bonds is 5. The van der Waals surface area contributed by atoms with Crippen molar-refractivity contribution in [2.24, 2.45) is 5.73 Å². The second kappa shape index (κ2) is 6.92. The van der Waals surface area contributed by atoms with E-state index in [0.717, 1.165) is 18.5 Å². The Morgan fingerprint density at radius 2 is 2.18 bits per heavy atom. The molecule has 2 heteroatoms. The average Bonchev–Trinajstić information content (AvgIpc) is 2.34. The molecule has 0 aromatic heterocycles. The summed E-state index contributed by atoms with van der Waals surface area (Å²) < 4.78 is 0. The van der Waals surface area contributed by atoms with Crippen molar-refractivity contribution in [3.05, 3.63) is 40.8 Å². The van der Waals surface area contributed by atoms with E-state index in [-0.39, 0.29) is 0 Å². The van der Waals surface area contributed by atoms with Gasteiger partial charge in [0, 0.05) is 12.7 Å². The van der Waals surface area contributed by atoms with E-state index in [1.807, 2.05) is 19.2 Å². The molecule has 0 aliphatic carbocycles. The lowest BCUT2D eigenvalue weighted by Crippen LogP contribution is -2.30. The molecule has 0 heterocycles. The normalized spacial score (nSPS) is 12.9. The first kappa shape index (κ1) is 13.5. The van der Waals surface area contributed by atoms with Crippen LogP contribution >= 0.6 is 0 Å². The Morgan fingerprint density at radius 3 is 2.71 bits per heavy atom. The number of anilines is 1. The Hall–Kier alpha value is -1.54. The van der Waals surface area contributed by atoms with Gasteiger partial charge in [0.25, 0.3) is 0 Å². The molecule has 1 rings (SSSR count). The van der Waals surface area contributed by atoms with Crippen LogP contribution in [-0.4, -0.2) is 13.6 Å². The minimum absolute atomic E-state index is 0.663. The number of hydrogen-bond acceptors (Lipinski definition) is 2. The van der Waals surface area contributed by atoms with E-state index < -0.39 is 0 Å². The smallest absolute Gasteiger partial charge is 0.0376 e. The lowest BCUT2D eigenvalue weighted by molar-refractivity contribution is 0.958. The van der Waals surface area contributed by atoms with E-state index in [0.29, 0.717) is 6.54 Å². The number of benzene rings is 1. The van der Waals surface area contributed by atoms with Gasteiger partial charge in [0.1, 0.15) is 0 Å². The average molecular weight is 230 g/mol. The Bertz CT molecular complexity index is 486. The summed E-state index contributed by atoms with van der Waals surface area (Å²) in [5, 5.41) is 5.73. The Morgan fingerprint density at radius 1 is 1.41 bits per heavy atom. The summed E-state index contributed by atoms with van der Waals surface area (Å²) in [6, 6.07) is 4.22. The van der Waals surface area contributed by atoms with E-state index in [2.05, 4.69) is 37.0 Å². The van der Waals surface area contributed by atoms with Crippen LogP contribution in [0.4, 0.5) is 5.69 Å². The topological polar surface area (TPSA) is 38.0 Å². The fourth-order valence-corrected chi connectivity index (χ4v) is 2.05. The molecule has 2 nitrogen and oxygen atoms in total. The summed E-state index contributed by atoms with van der Waals surface area (Å²) in [6.45, 7) is 6.58. The third-order valence-corrected chi connectivity index (χ3v) is 2.76. The number of nitrogens with one attached hydrogen (secondary N) is 1. The SMILES string of the molecule is C=C/C=c1/ccc(NC)c(CCN)/c1=C/CC. The molecule has 0 radical (unpaired) electrons. The molecular formula is C15H22N2.